The summed E-state index contributed by atoms with van der Waals surface area (Å²) in [6, 6.07) is 0. The second kappa shape index (κ2) is 3.96. The Balaban J connectivity index is 2.92. The average Bonchev–Trinajstić information content (AvgIpc) is 2.17. The summed E-state index contributed by atoms with van der Waals surface area (Å²) in [5.74, 6) is -0.863. The molecule has 0 spiro atoms. The zero-order valence-corrected chi connectivity index (χ0v) is 8.82. The van der Waals surface area contributed by atoms with E-state index in [1.54, 1.807) is 12.2 Å². The van der Waals surface area contributed by atoms with Crippen molar-refractivity contribution in [3.63, 3.8) is 0 Å². The molecule has 0 aliphatic carbocycles. The Kier molecular flexibility index (Phi) is 3.14. The predicted octanol–water partition coefficient (Wildman–Crippen LogP) is 2.29. The number of aliphatic carboxylic acids is 1. The molecule has 72 valence electrons. The maximum absolute atomic E-state index is 10.8. The molecule has 4 heteroatoms. The lowest BCUT2D eigenvalue weighted by Gasteiger charge is -2.29. The second-order valence-corrected chi connectivity index (χ2v) is 3.82. The molecule has 0 aromatic heterocycles. The molecule has 1 aliphatic heterocycles. The molecule has 1 N–H and O–H groups in total. The van der Waals surface area contributed by atoms with Crippen molar-refractivity contribution in [3.05, 3.63) is 24.7 Å². The molecule has 0 saturated carbocycles. The van der Waals surface area contributed by atoms with Gasteiger partial charge in [0.25, 0.3) is 0 Å². The second-order valence-electron chi connectivity index (χ2n) is 2.91. The Morgan fingerprint density at radius 3 is 2.54 bits per heavy atom. The molecule has 1 atom stereocenters. The van der Waals surface area contributed by atoms with Gasteiger partial charge in [0.1, 0.15) is 4.83 Å². The average molecular weight is 247 g/mol. The van der Waals surface area contributed by atoms with Gasteiger partial charge in [-0.3, -0.25) is 4.79 Å². The number of rotatable bonds is 3. The first-order chi connectivity index (χ1) is 6.12. The predicted molar refractivity (Wildman–Crippen MR) is 52.4 cm³/mol. The smallest absolute Gasteiger partial charge is 0.318 e. The number of carboxylic acids is 1. The first kappa shape index (κ1) is 10.3. The molecule has 0 unspecified atom stereocenters. The third-order valence-corrected chi connectivity index (χ3v) is 3.46. The van der Waals surface area contributed by atoms with E-state index in [1.807, 2.05) is 6.92 Å². The molecule has 0 aromatic rings. The molecule has 1 aliphatic rings. The van der Waals surface area contributed by atoms with Crippen LogP contribution in [0.4, 0.5) is 0 Å². The van der Waals surface area contributed by atoms with Gasteiger partial charge in [0.2, 0.25) is 0 Å². The standard InChI is InChI=1S/C9H11BrO3/c1-2-9(7(10)8(11)12)3-5-13-6-4-9/h3-7H,2H2,1H3,(H,11,12)/t7-/m1/s1. The van der Waals surface area contributed by atoms with E-state index in [2.05, 4.69) is 15.9 Å². The molecule has 0 bridgehead atoms. The summed E-state index contributed by atoms with van der Waals surface area (Å²) in [6.07, 6.45) is 7.27. The van der Waals surface area contributed by atoms with Crippen LogP contribution >= 0.6 is 15.9 Å². The summed E-state index contributed by atoms with van der Waals surface area (Å²) in [4.78, 5) is 10.2. The highest BCUT2D eigenvalue weighted by molar-refractivity contribution is 9.10. The Morgan fingerprint density at radius 1 is 1.62 bits per heavy atom. The van der Waals surface area contributed by atoms with Crippen molar-refractivity contribution in [1.29, 1.82) is 0 Å². The van der Waals surface area contributed by atoms with E-state index < -0.39 is 16.2 Å². The van der Waals surface area contributed by atoms with Crippen molar-refractivity contribution < 1.29 is 14.6 Å². The van der Waals surface area contributed by atoms with Crippen molar-refractivity contribution in [1.82, 2.24) is 0 Å². The van der Waals surface area contributed by atoms with Crippen LogP contribution in [0, 0.1) is 5.41 Å². The molecule has 1 rings (SSSR count). The highest BCUT2D eigenvalue weighted by Gasteiger charge is 2.37. The summed E-state index contributed by atoms with van der Waals surface area (Å²) >= 11 is 3.16. The van der Waals surface area contributed by atoms with Crippen molar-refractivity contribution >= 4 is 21.9 Å². The third kappa shape index (κ3) is 1.94. The van der Waals surface area contributed by atoms with Crippen LogP contribution in [-0.4, -0.2) is 15.9 Å². The van der Waals surface area contributed by atoms with E-state index in [0.29, 0.717) is 6.42 Å². The van der Waals surface area contributed by atoms with Crippen LogP contribution in [0.15, 0.2) is 24.7 Å². The van der Waals surface area contributed by atoms with E-state index in [-0.39, 0.29) is 0 Å². The lowest BCUT2D eigenvalue weighted by Crippen LogP contribution is -2.33. The molecule has 0 aromatic carbocycles. The number of hydrogen-bond acceptors (Lipinski definition) is 2. The molecule has 1 heterocycles. The van der Waals surface area contributed by atoms with Gasteiger partial charge in [-0.1, -0.05) is 22.9 Å². The maximum atomic E-state index is 10.8. The Hall–Kier alpha value is -0.770. The third-order valence-electron chi connectivity index (χ3n) is 2.21. The fourth-order valence-corrected chi connectivity index (χ4v) is 1.88. The molecule has 0 fully saturated rings. The number of halogens is 1. The topological polar surface area (TPSA) is 46.5 Å². The lowest BCUT2D eigenvalue weighted by molar-refractivity contribution is -0.137. The summed E-state index contributed by atoms with van der Waals surface area (Å²) in [6.45, 7) is 1.94. The number of ether oxygens (including phenoxy) is 1. The SMILES string of the molecule is CCC1([C@H](Br)C(=O)O)C=COC=C1. The van der Waals surface area contributed by atoms with E-state index >= 15 is 0 Å². The Bertz CT molecular complexity index is 246. The van der Waals surface area contributed by atoms with Gasteiger partial charge in [-0.05, 0) is 18.6 Å². The molecule has 3 nitrogen and oxygen atoms in total. The summed E-state index contributed by atoms with van der Waals surface area (Å²) < 4.78 is 4.88. The molecular weight excluding hydrogens is 236 g/mol. The number of carbonyl (C=O) groups is 1. The minimum Gasteiger partial charge on any atom is -0.480 e. The minimum absolute atomic E-state index is 0.468. The molecular formula is C9H11BrO3. The van der Waals surface area contributed by atoms with Crippen LogP contribution in [0.3, 0.4) is 0 Å². The van der Waals surface area contributed by atoms with Crippen LogP contribution < -0.4 is 0 Å². The van der Waals surface area contributed by atoms with Gasteiger partial charge in [-0.2, -0.15) is 0 Å². The van der Waals surface area contributed by atoms with Crippen LogP contribution in [0.5, 0.6) is 0 Å². The van der Waals surface area contributed by atoms with Gasteiger partial charge in [-0.15, -0.1) is 0 Å². The van der Waals surface area contributed by atoms with Gasteiger partial charge in [0, 0.05) is 5.41 Å². The van der Waals surface area contributed by atoms with Crippen molar-refractivity contribution in [2.45, 2.75) is 18.2 Å². The van der Waals surface area contributed by atoms with Gasteiger partial charge >= 0.3 is 5.97 Å². The molecule has 0 radical (unpaired) electrons. The molecule has 0 saturated heterocycles. The van der Waals surface area contributed by atoms with Crippen LogP contribution in [0.25, 0.3) is 0 Å². The zero-order valence-electron chi connectivity index (χ0n) is 7.24. The van der Waals surface area contributed by atoms with Crippen molar-refractivity contribution in [2.75, 3.05) is 0 Å². The van der Waals surface area contributed by atoms with Crippen LogP contribution in [0.2, 0.25) is 0 Å². The van der Waals surface area contributed by atoms with Gasteiger partial charge in [-0.25, -0.2) is 0 Å². The summed E-state index contributed by atoms with van der Waals surface area (Å²) in [7, 11) is 0. The first-order valence-electron chi connectivity index (χ1n) is 4.00. The lowest BCUT2D eigenvalue weighted by atomic mass is 9.81. The normalized spacial score (nSPS) is 20.8. The quantitative estimate of drug-likeness (QED) is 0.778. The summed E-state index contributed by atoms with van der Waals surface area (Å²) in [5.41, 5.74) is -0.468. The number of alkyl halides is 1. The monoisotopic (exact) mass is 246 g/mol. The minimum atomic E-state index is -0.863. The Labute approximate surface area is 85.2 Å². The Morgan fingerprint density at radius 2 is 2.15 bits per heavy atom. The highest BCUT2D eigenvalue weighted by atomic mass is 79.9. The van der Waals surface area contributed by atoms with Gasteiger partial charge < -0.3 is 9.84 Å². The fourth-order valence-electron chi connectivity index (χ4n) is 1.25. The van der Waals surface area contributed by atoms with Crippen molar-refractivity contribution in [3.8, 4) is 0 Å². The van der Waals surface area contributed by atoms with Gasteiger partial charge in [0.15, 0.2) is 0 Å². The van der Waals surface area contributed by atoms with Crippen LogP contribution in [-0.2, 0) is 9.53 Å². The number of carboxylic acid groups (broad SMARTS) is 1. The largest absolute Gasteiger partial charge is 0.480 e. The zero-order chi connectivity index (χ0) is 9.90. The van der Waals surface area contributed by atoms with E-state index in [0.717, 1.165) is 0 Å². The van der Waals surface area contributed by atoms with E-state index in [9.17, 15) is 4.79 Å². The van der Waals surface area contributed by atoms with E-state index in [1.165, 1.54) is 12.5 Å². The maximum Gasteiger partial charge on any atom is 0.318 e. The molecule has 0 amide bonds. The van der Waals surface area contributed by atoms with E-state index in [4.69, 9.17) is 9.84 Å². The number of hydrogen-bond donors (Lipinski definition) is 1. The number of allylic oxidation sites excluding steroid dienone is 2. The fraction of sp³-hybridized carbons (Fsp3) is 0.444. The van der Waals surface area contributed by atoms with Crippen molar-refractivity contribution in [2.24, 2.45) is 5.41 Å². The van der Waals surface area contributed by atoms with Gasteiger partial charge in [0.05, 0.1) is 12.5 Å². The van der Waals surface area contributed by atoms with Crippen LogP contribution in [0.1, 0.15) is 13.3 Å². The summed E-state index contributed by atoms with van der Waals surface area (Å²) in [5, 5.41) is 8.88. The highest BCUT2D eigenvalue weighted by Crippen LogP contribution is 2.37. The first-order valence-corrected chi connectivity index (χ1v) is 4.92. The molecule has 13 heavy (non-hydrogen) atoms.